The zero-order chi connectivity index (χ0) is 16.1. The summed E-state index contributed by atoms with van der Waals surface area (Å²) >= 11 is 0. The van der Waals surface area contributed by atoms with Crippen molar-refractivity contribution in [2.45, 2.75) is 38.1 Å². The van der Waals surface area contributed by atoms with E-state index in [1.54, 1.807) is 0 Å². The number of esters is 1. The standard InChI is InChI=1S/C16H19F2NO3/c1-22-16(21)14-4-2-3-9-19(14)15(20)8-6-11-5-7-12(17)10-13(11)18/h5,7,10,14H,2-4,6,8-9H2,1H3/t14-/m0/s1. The summed E-state index contributed by atoms with van der Waals surface area (Å²) in [6.45, 7) is 0.504. The van der Waals surface area contributed by atoms with Gasteiger partial charge in [0.2, 0.25) is 5.91 Å². The van der Waals surface area contributed by atoms with Crippen molar-refractivity contribution in [3.63, 3.8) is 0 Å². The van der Waals surface area contributed by atoms with Gasteiger partial charge in [0.15, 0.2) is 0 Å². The Morgan fingerprint density at radius 3 is 2.77 bits per heavy atom. The number of carbonyl (C=O) groups excluding carboxylic acids is 2. The van der Waals surface area contributed by atoms with Gasteiger partial charge in [0.25, 0.3) is 0 Å². The molecule has 1 saturated heterocycles. The molecule has 0 aromatic heterocycles. The summed E-state index contributed by atoms with van der Waals surface area (Å²) < 4.78 is 31.1. The Bertz CT molecular complexity index is 562. The van der Waals surface area contributed by atoms with E-state index < -0.39 is 23.6 Å². The fraction of sp³-hybridized carbons (Fsp3) is 0.500. The van der Waals surface area contributed by atoms with E-state index in [2.05, 4.69) is 0 Å². The van der Waals surface area contributed by atoms with E-state index in [1.165, 1.54) is 24.1 Å². The van der Waals surface area contributed by atoms with Gasteiger partial charge >= 0.3 is 5.97 Å². The van der Waals surface area contributed by atoms with Crippen molar-refractivity contribution in [3.05, 3.63) is 35.4 Å². The molecule has 1 aromatic rings. The van der Waals surface area contributed by atoms with Crippen LogP contribution in [0.15, 0.2) is 18.2 Å². The first-order chi connectivity index (χ1) is 10.5. The number of hydrogen-bond donors (Lipinski definition) is 0. The fourth-order valence-corrected chi connectivity index (χ4v) is 2.72. The second kappa shape index (κ2) is 7.33. The number of halogens is 2. The molecule has 0 spiro atoms. The first-order valence-electron chi connectivity index (χ1n) is 7.34. The molecule has 0 unspecified atom stereocenters. The van der Waals surface area contributed by atoms with Crippen LogP contribution in [0.2, 0.25) is 0 Å². The lowest BCUT2D eigenvalue weighted by Crippen LogP contribution is -2.48. The molecule has 1 heterocycles. The van der Waals surface area contributed by atoms with Crippen LogP contribution in [-0.4, -0.2) is 36.5 Å². The lowest BCUT2D eigenvalue weighted by Gasteiger charge is -2.33. The van der Waals surface area contributed by atoms with Crippen LogP contribution in [0.25, 0.3) is 0 Å². The van der Waals surface area contributed by atoms with Crippen molar-refractivity contribution in [2.24, 2.45) is 0 Å². The van der Waals surface area contributed by atoms with Gasteiger partial charge in [-0.2, -0.15) is 0 Å². The number of hydrogen-bond acceptors (Lipinski definition) is 3. The molecule has 0 bridgehead atoms. The second-order valence-electron chi connectivity index (χ2n) is 5.36. The van der Waals surface area contributed by atoms with Crippen molar-refractivity contribution in [1.82, 2.24) is 4.90 Å². The average molecular weight is 311 g/mol. The predicted octanol–water partition coefficient (Wildman–Crippen LogP) is 2.45. The van der Waals surface area contributed by atoms with Crippen LogP contribution in [0.3, 0.4) is 0 Å². The Kier molecular flexibility index (Phi) is 5.46. The molecule has 1 fully saturated rings. The van der Waals surface area contributed by atoms with Crippen LogP contribution >= 0.6 is 0 Å². The van der Waals surface area contributed by atoms with Crippen LogP contribution < -0.4 is 0 Å². The highest BCUT2D eigenvalue weighted by molar-refractivity contribution is 5.84. The number of piperidine rings is 1. The molecule has 1 aliphatic heterocycles. The highest BCUT2D eigenvalue weighted by Gasteiger charge is 2.32. The second-order valence-corrected chi connectivity index (χ2v) is 5.36. The van der Waals surface area contributed by atoms with Crippen LogP contribution in [0.1, 0.15) is 31.2 Å². The number of aryl methyl sites for hydroxylation is 1. The SMILES string of the molecule is COC(=O)[C@@H]1CCCCN1C(=O)CCc1ccc(F)cc1F. The third-order valence-electron chi connectivity index (χ3n) is 3.92. The highest BCUT2D eigenvalue weighted by Crippen LogP contribution is 2.20. The number of benzene rings is 1. The first-order valence-corrected chi connectivity index (χ1v) is 7.34. The normalized spacial score (nSPS) is 18.1. The number of amides is 1. The molecular formula is C16H19F2NO3. The summed E-state index contributed by atoms with van der Waals surface area (Å²) in [6.07, 6.45) is 2.55. The first kappa shape index (κ1) is 16.4. The summed E-state index contributed by atoms with van der Waals surface area (Å²) in [5, 5.41) is 0. The van der Waals surface area contributed by atoms with Crippen molar-refractivity contribution in [2.75, 3.05) is 13.7 Å². The number of rotatable bonds is 4. The highest BCUT2D eigenvalue weighted by atomic mass is 19.1. The van der Waals surface area contributed by atoms with Gasteiger partial charge in [0, 0.05) is 19.0 Å². The summed E-state index contributed by atoms with van der Waals surface area (Å²) in [5.41, 5.74) is 0.293. The number of methoxy groups -OCH3 is 1. The maximum absolute atomic E-state index is 13.6. The van der Waals surface area contributed by atoms with E-state index in [0.29, 0.717) is 18.5 Å². The Morgan fingerprint density at radius 2 is 2.09 bits per heavy atom. The zero-order valence-corrected chi connectivity index (χ0v) is 12.5. The monoisotopic (exact) mass is 311 g/mol. The summed E-state index contributed by atoms with van der Waals surface area (Å²) in [5.74, 6) is -1.93. The van der Waals surface area contributed by atoms with Crippen molar-refractivity contribution >= 4 is 11.9 Å². The summed E-state index contributed by atoms with van der Waals surface area (Å²) in [4.78, 5) is 25.5. The molecule has 6 heteroatoms. The van der Waals surface area contributed by atoms with Crippen LogP contribution in [0.4, 0.5) is 8.78 Å². The van der Waals surface area contributed by atoms with Gasteiger partial charge in [-0.3, -0.25) is 4.79 Å². The quantitative estimate of drug-likeness (QED) is 0.803. The van der Waals surface area contributed by atoms with E-state index in [-0.39, 0.29) is 18.7 Å². The van der Waals surface area contributed by atoms with Crippen molar-refractivity contribution < 1.29 is 23.1 Å². The van der Waals surface area contributed by atoms with E-state index >= 15 is 0 Å². The van der Waals surface area contributed by atoms with E-state index in [4.69, 9.17) is 4.74 Å². The minimum Gasteiger partial charge on any atom is -0.467 e. The smallest absolute Gasteiger partial charge is 0.328 e. The Balaban J connectivity index is 1.99. The third kappa shape index (κ3) is 3.81. The number of carbonyl (C=O) groups is 2. The molecule has 4 nitrogen and oxygen atoms in total. The Morgan fingerprint density at radius 1 is 1.32 bits per heavy atom. The molecule has 1 aliphatic rings. The van der Waals surface area contributed by atoms with Gasteiger partial charge in [-0.25, -0.2) is 13.6 Å². The van der Waals surface area contributed by atoms with Gasteiger partial charge in [-0.1, -0.05) is 6.07 Å². The third-order valence-corrected chi connectivity index (χ3v) is 3.92. The average Bonchev–Trinajstić information content (AvgIpc) is 2.53. The molecule has 0 N–H and O–H groups in total. The maximum atomic E-state index is 13.6. The molecule has 0 aliphatic carbocycles. The van der Waals surface area contributed by atoms with E-state index in [9.17, 15) is 18.4 Å². The molecular weight excluding hydrogens is 292 g/mol. The molecule has 22 heavy (non-hydrogen) atoms. The van der Waals surface area contributed by atoms with Crippen LogP contribution in [0, 0.1) is 11.6 Å². The molecule has 1 aromatic carbocycles. The Hall–Kier alpha value is -1.98. The minimum absolute atomic E-state index is 0.0794. The van der Waals surface area contributed by atoms with Gasteiger partial charge in [-0.15, -0.1) is 0 Å². The minimum atomic E-state index is -0.657. The lowest BCUT2D eigenvalue weighted by atomic mass is 10.0. The van der Waals surface area contributed by atoms with Crippen LogP contribution in [-0.2, 0) is 20.7 Å². The van der Waals surface area contributed by atoms with E-state index in [1.807, 2.05) is 0 Å². The number of ether oxygens (including phenoxy) is 1. The molecule has 0 saturated carbocycles. The predicted molar refractivity (Wildman–Crippen MR) is 76.0 cm³/mol. The lowest BCUT2D eigenvalue weighted by molar-refractivity contribution is -0.154. The molecule has 1 amide bonds. The molecule has 0 radical (unpaired) electrons. The Labute approximate surface area is 128 Å². The molecule has 120 valence electrons. The number of likely N-dealkylation sites (tertiary alicyclic amines) is 1. The van der Waals surface area contributed by atoms with E-state index in [0.717, 1.165) is 18.9 Å². The molecule has 1 atom stereocenters. The van der Waals surface area contributed by atoms with Gasteiger partial charge < -0.3 is 9.64 Å². The molecule has 2 rings (SSSR count). The van der Waals surface area contributed by atoms with Gasteiger partial charge in [0.1, 0.15) is 17.7 Å². The zero-order valence-electron chi connectivity index (χ0n) is 12.5. The largest absolute Gasteiger partial charge is 0.467 e. The van der Waals surface area contributed by atoms with Gasteiger partial charge in [0.05, 0.1) is 7.11 Å². The van der Waals surface area contributed by atoms with Crippen molar-refractivity contribution in [3.8, 4) is 0 Å². The van der Waals surface area contributed by atoms with Gasteiger partial charge in [-0.05, 0) is 37.3 Å². The maximum Gasteiger partial charge on any atom is 0.328 e. The summed E-state index contributed by atoms with van der Waals surface area (Å²) in [7, 11) is 1.30. The summed E-state index contributed by atoms with van der Waals surface area (Å²) in [6, 6.07) is 2.76. The number of nitrogens with zero attached hydrogens (tertiary/aromatic N) is 1. The van der Waals surface area contributed by atoms with Crippen molar-refractivity contribution in [1.29, 1.82) is 0 Å². The van der Waals surface area contributed by atoms with Crippen LogP contribution in [0.5, 0.6) is 0 Å². The topological polar surface area (TPSA) is 46.6 Å². The fourth-order valence-electron chi connectivity index (χ4n) is 2.72.